The number of fused-ring (bicyclic) bond motifs is 3. The van der Waals surface area contributed by atoms with Gasteiger partial charge in [-0.1, -0.05) is 30.3 Å². The lowest BCUT2D eigenvalue weighted by atomic mass is 10.0. The molecule has 172 valence electrons. The van der Waals surface area contributed by atoms with Crippen LogP contribution in [0.3, 0.4) is 0 Å². The van der Waals surface area contributed by atoms with E-state index in [-0.39, 0.29) is 5.91 Å². The first-order valence-electron chi connectivity index (χ1n) is 11.6. The molecule has 0 unspecified atom stereocenters. The molecule has 8 nitrogen and oxygen atoms in total. The van der Waals surface area contributed by atoms with Gasteiger partial charge in [0.1, 0.15) is 11.2 Å². The lowest BCUT2D eigenvalue weighted by Gasteiger charge is -2.18. The third-order valence-corrected chi connectivity index (χ3v) is 6.41. The molecular formula is C27H23N7O. The van der Waals surface area contributed by atoms with E-state index in [4.69, 9.17) is 4.98 Å². The average Bonchev–Trinajstić information content (AvgIpc) is 3.52. The fourth-order valence-corrected chi connectivity index (χ4v) is 4.58. The Hall–Kier alpha value is -4.59. The molecule has 6 aromatic rings. The summed E-state index contributed by atoms with van der Waals surface area (Å²) in [6, 6.07) is 15.8. The van der Waals surface area contributed by atoms with Crippen LogP contribution in [0.15, 0.2) is 67.1 Å². The minimum Gasteiger partial charge on any atom is -0.339 e. The first-order chi connectivity index (χ1) is 17.2. The number of imidazole rings is 1. The molecule has 0 aliphatic heterocycles. The molecule has 0 radical (unpaired) electrons. The number of amides is 1. The highest BCUT2D eigenvalue weighted by molar-refractivity contribution is 6.06. The lowest BCUT2D eigenvalue weighted by Crippen LogP contribution is -2.30. The number of para-hydroxylation sites is 1. The second-order valence-electron chi connectivity index (χ2n) is 8.37. The van der Waals surface area contributed by atoms with Crippen molar-refractivity contribution in [1.82, 2.24) is 35.0 Å². The molecule has 0 spiro atoms. The number of aromatic amines is 2. The van der Waals surface area contributed by atoms with Crippen LogP contribution in [0.1, 0.15) is 24.2 Å². The fourth-order valence-electron chi connectivity index (χ4n) is 4.58. The topological polar surface area (TPSA) is 103 Å². The van der Waals surface area contributed by atoms with Crippen LogP contribution >= 0.6 is 0 Å². The Bertz CT molecular complexity index is 1710. The summed E-state index contributed by atoms with van der Waals surface area (Å²) in [6.07, 6.45) is 5.55. The maximum absolute atomic E-state index is 13.1. The Morgan fingerprint density at radius 3 is 2.69 bits per heavy atom. The van der Waals surface area contributed by atoms with Crippen LogP contribution in [0.4, 0.5) is 0 Å². The van der Waals surface area contributed by atoms with Gasteiger partial charge in [0.15, 0.2) is 11.5 Å². The van der Waals surface area contributed by atoms with Crippen molar-refractivity contribution in [1.29, 1.82) is 0 Å². The van der Waals surface area contributed by atoms with Crippen molar-refractivity contribution in [2.24, 2.45) is 0 Å². The van der Waals surface area contributed by atoms with Gasteiger partial charge in [-0.05, 0) is 37.4 Å². The minimum absolute atomic E-state index is 0.0297. The van der Waals surface area contributed by atoms with E-state index in [9.17, 15) is 4.79 Å². The van der Waals surface area contributed by atoms with E-state index in [0.29, 0.717) is 41.3 Å². The molecule has 0 aliphatic rings. The number of pyridine rings is 2. The Morgan fingerprint density at radius 2 is 1.83 bits per heavy atom. The van der Waals surface area contributed by atoms with Crippen LogP contribution in [0.5, 0.6) is 0 Å². The zero-order valence-electron chi connectivity index (χ0n) is 19.4. The first-order valence-corrected chi connectivity index (χ1v) is 11.6. The molecule has 1 amide bonds. The highest BCUT2D eigenvalue weighted by Gasteiger charge is 2.20. The summed E-state index contributed by atoms with van der Waals surface area (Å²) in [5, 5.41) is 10.5. The minimum atomic E-state index is -0.0297. The predicted molar refractivity (Wildman–Crippen MR) is 137 cm³/mol. The van der Waals surface area contributed by atoms with Crippen LogP contribution in [-0.4, -0.2) is 54.0 Å². The molecule has 0 fully saturated rings. The van der Waals surface area contributed by atoms with Gasteiger partial charge in [-0.25, -0.2) is 9.97 Å². The third-order valence-electron chi connectivity index (χ3n) is 6.41. The molecule has 0 aliphatic carbocycles. The van der Waals surface area contributed by atoms with Crippen molar-refractivity contribution in [2.45, 2.75) is 13.8 Å². The lowest BCUT2D eigenvalue weighted by molar-refractivity contribution is 0.0775. The molecule has 4 heterocycles. The number of benzene rings is 2. The maximum Gasteiger partial charge on any atom is 0.256 e. The Balaban J connectivity index is 1.49. The van der Waals surface area contributed by atoms with Crippen molar-refractivity contribution in [3.8, 4) is 22.6 Å². The number of aromatic nitrogens is 6. The maximum atomic E-state index is 13.1. The molecule has 4 aromatic heterocycles. The standard InChI is InChI=1S/C27H23N7O/c1-3-34(4-2)27(35)19-10-7-11-22-23(19)31-26(30-22)24-20-12-17(14-29-25(20)33-32-24)21-15-28-13-16-8-5-6-9-18(16)21/h5-15H,3-4H2,1-2H3,(H,30,31)(H,29,32,33). The summed E-state index contributed by atoms with van der Waals surface area (Å²) in [7, 11) is 0. The molecule has 6 rings (SSSR count). The SMILES string of the molecule is CCN(CC)C(=O)c1cccc2[nH]c(-c3n[nH]c4ncc(-c5cncc6ccccc56)cc34)nc12. The molecule has 0 atom stereocenters. The van der Waals surface area contributed by atoms with E-state index in [2.05, 4.69) is 37.3 Å². The third kappa shape index (κ3) is 3.42. The van der Waals surface area contributed by atoms with E-state index < -0.39 is 0 Å². The van der Waals surface area contributed by atoms with Gasteiger partial charge in [0.25, 0.3) is 5.91 Å². The highest BCUT2D eigenvalue weighted by Crippen LogP contribution is 2.32. The van der Waals surface area contributed by atoms with E-state index in [1.165, 1.54) is 0 Å². The van der Waals surface area contributed by atoms with Gasteiger partial charge in [-0.3, -0.25) is 14.9 Å². The van der Waals surface area contributed by atoms with Crippen LogP contribution in [0.25, 0.3) is 55.5 Å². The summed E-state index contributed by atoms with van der Waals surface area (Å²) in [5.41, 5.74) is 5.26. The zero-order valence-corrected chi connectivity index (χ0v) is 19.4. The van der Waals surface area contributed by atoms with Gasteiger partial charge in [-0.15, -0.1) is 0 Å². The van der Waals surface area contributed by atoms with Crippen LogP contribution in [0, 0.1) is 0 Å². The molecule has 2 N–H and O–H groups in total. The summed E-state index contributed by atoms with van der Waals surface area (Å²) in [6.45, 7) is 5.24. The van der Waals surface area contributed by atoms with Gasteiger partial charge in [0, 0.05) is 48.2 Å². The van der Waals surface area contributed by atoms with E-state index in [1.807, 2.05) is 68.8 Å². The van der Waals surface area contributed by atoms with E-state index in [0.717, 1.165) is 32.8 Å². The number of nitrogens with zero attached hydrogens (tertiary/aromatic N) is 5. The number of hydrogen-bond donors (Lipinski definition) is 2. The molecule has 8 heteroatoms. The van der Waals surface area contributed by atoms with Gasteiger partial charge in [-0.2, -0.15) is 5.10 Å². The highest BCUT2D eigenvalue weighted by atomic mass is 16.2. The largest absolute Gasteiger partial charge is 0.339 e. The Morgan fingerprint density at radius 1 is 0.971 bits per heavy atom. The summed E-state index contributed by atoms with van der Waals surface area (Å²) in [5.74, 6) is 0.555. The average molecular weight is 462 g/mol. The summed E-state index contributed by atoms with van der Waals surface area (Å²) < 4.78 is 0. The predicted octanol–water partition coefficient (Wildman–Crippen LogP) is 5.20. The smallest absolute Gasteiger partial charge is 0.256 e. The number of hydrogen-bond acceptors (Lipinski definition) is 5. The quantitative estimate of drug-likeness (QED) is 0.367. The van der Waals surface area contributed by atoms with Crippen molar-refractivity contribution in [3.05, 3.63) is 72.7 Å². The summed E-state index contributed by atoms with van der Waals surface area (Å²) in [4.78, 5) is 32.0. The number of carbonyl (C=O) groups is 1. The monoisotopic (exact) mass is 461 g/mol. The van der Waals surface area contributed by atoms with Crippen LogP contribution in [0.2, 0.25) is 0 Å². The molecule has 0 saturated heterocycles. The van der Waals surface area contributed by atoms with Crippen molar-refractivity contribution in [2.75, 3.05) is 13.1 Å². The van der Waals surface area contributed by atoms with Gasteiger partial charge in [0.2, 0.25) is 0 Å². The van der Waals surface area contributed by atoms with Crippen molar-refractivity contribution < 1.29 is 4.79 Å². The second-order valence-corrected chi connectivity index (χ2v) is 8.37. The number of nitrogens with one attached hydrogen (secondary N) is 2. The Labute approximate surface area is 201 Å². The molecule has 2 aromatic carbocycles. The molecule has 35 heavy (non-hydrogen) atoms. The van der Waals surface area contributed by atoms with Crippen molar-refractivity contribution in [3.63, 3.8) is 0 Å². The number of H-pyrrole nitrogens is 2. The van der Waals surface area contributed by atoms with E-state index >= 15 is 0 Å². The van der Waals surface area contributed by atoms with Crippen molar-refractivity contribution >= 4 is 38.7 Å². The first kappa shape index (κ1) is 21.0. The fraction of sp³-hybridized carbons (Fsp3) is 0.148. The number of carbonyl (C=O) groups excluding carboxylic acids is 1. The van der Waals surface area contributed by atoms with Gasteiger partial charge in [0.05, 0.1) is 16.5 Å². The molecular weight excluding hydrogens is 438 g/mol. The zero-order chi connectivity index (χ0) is 23.9. The number of rotatable bonds is 5. The van der Waals surface area contributed by atoms with E-state index in [1.54, 1.807) is 4.90 Å². The van der Waals surface area contributed by atoms with Gasteiger partial charge >= 0.3 is 0 Å². The van der Waals surface area contributed by atoms with Gasteiger partial charge < -0.3 is 9.88 Å². The molecule has 0 saturated carbocycles. The van der Waals surface area contributed by atoms with Crippen LogP contribution in [-0.2, 0) is 0 Å². The Kier molecular flexibility index (Phi) is 4.99. The summed E-state index contributed by atoms with van der Waals surface area (Å²) >= 11 is 0. The second kappa shape index (κ2) is 8.32. The van der Waals surface area contributed by atoms with Crippen LogP contribution < -0.4 is 0 Å². The molecule has 0 bridgehead atoms. The normalized spacial score (nSPS) is 11.5.